The Hall–Kier alpha value is -2.28. The van der Waals surface area contributed by atoms with Crippen molar-refractivity contribution in [2.75, 3.05) is 31.1 Å². The number of piperazine rings is 1. The highest BCUT2D eigenvalue weighted by Gasteiger charge is 2.28. The van der Waals surface area contributed by atoms with Crippen LogP contribution in [0.15, 0.2) is 18.3 Å². The summed E-state index contributed by atoms with van der Waals surface area (Å²) < 4.78 is 7.57. The van der Waals surface area contributed by atoms with Gasteiger partial charge >= 0.3 is 6.09 Å². The molecule has 7 nitrogen and oxygen atoms in total. The van der Waals surface area contributed by atoms with Crippen LogP contribution in [0, 0.1) is 0 Å². The lowest BCUT2D eigenvalue weighted by molar-refractivity contribution is 0.0240. The minimum atomic E-state index is -0.475. The number of anilines is 1. The van der Waals surface area contributed by atoms with Crippen LogP contribution in [0.4, 0.5) is 10.5 Å². The van der Waals surface area contributed by atoms with E-state index in [1.165, 1.54) is 0 Å². The van der Waals surface area contributed by atoms with Gasteiger partial charge in [0.1, 0.15) is 5.60 Å². The van der Waals surface area contributed by atoms with Gasteiger partial charge in [-0.1, -0.05) is 6.92 Å². The standard InChI is InChI=1S/C20H31N5O2/c1-6-14(21)18-17(13-16-15(22-18)7-8-23(16)5)24-9-11-25(12-10-24)19(26)27-20(2,3)4/h7-8,13-14H,6,9-12,21H2,1-5H3. The first-order chi connectivity index (χ1) is 12.7. The second kappa shape index (κ2) is 7.38. The van der Waals surface area contributed by atoms with Crippen molar-refractivity contribution in [2.45, 2.75) is 45.8 Å². The van der Waals surface area contributed by atoms with E-state index in [4.69, 9.17) is 15.5 Å². The lowest BCUT2D eigenvalue weighted by Gasteiger charge is -2.37. The molecule has 1 saturated heterocycles. The van der Waals surface area contributed by atoms with Crippen molar-refractivity contribution in [1.82, 2.24) is 14.5 Å². The maximum atomic E-state index is 12.3. The first-order valence-electron chi connectivity index (χ1n) is 9.64. The summed E-state index contributed by atoms with van der Waals surface area (Å²) >= 11 is 0. The lowest BCUT2D eigenvalue weighted by Crippen LogP contribution is -2.50. The molecule has 148 valence electrons. The first kappa shape index (κ1) is 19.5. The molecule has 27 heavy (non-hydrogen) atoms. The molecular formula is C20H31N5O2. The predicted molar refractivity (Wildman–Crippen MR) is 108 cm³/mol. The van der Waals surface area contributed by atoms with E-state index in [9.17, 15) is 4.79 Å². The minimum absolute atomic E-state index is 0.103. The van der Waals surface area contributed by atoms with Crippen LogP contribution < -0.4 is 10.6 Å². The molecule has 0 aliphatic carbocycles. The van der Waals surface area contributed by atoms with Crippen LogP contribution in [0.25, 0.3) is 11.0 Å². The summed E-state index contributed by atoms with van der Waals surface area (Å²) in [6.07, 6.45) is 2.60. The number of hydrogen-bond donors (Lipinski definition) is 1. The van der Waals surface area contributed by atoms with Crippen LogP contribution >= 0.6 is 0 Å². The van der Waals surface area contributed by atoms with Crippen LogP contribution in [0.1, 0.15) is 45.9 Å². The van der Waals surface area contributed by atoms with Crippen LogP contribution in [0.2, 0.25) is 0 Å². The molecule has 7 heteroatoms. The highest BCUT2D eigenvalue weighted by molar-refractivity contribution is 5.81. The zero-order valence-corrected chi connectivity index (χ0v) is 17.0. The van der Waals surface area contributed by atoms with Gasteiger partial charge in [-0.05, 0) is 39.3 Å². The lowest BCUT2D eigenvalue weighted by atomic mass is 10.1. The number of ether oxygens (including phenoxy) is 1. The average molecular weight is 374 g/mol. The highest BCUT2D eigenvalue weighted by atomic mass is 16.6. The van der Waals surface area contributed by atoms with Crippen LogP contribution in [0.5, 0.6) is 0 Å². The molecule has 1 aliphatic rings. The number of nitrogens with zero attached hydrogens (tertiary/aromatic N) is 4. The van der Waals surface area contributed by atoms with Gasteiger partial charge in [0.05, 0.1) is 22.4 Å². The molecule has 3 rings (SSSR count). The Morgan fingerprint density at radius 3 is 2.56 bits per heavy atom. The van der Waals surface area contributed by atoms with Gasteiger partial charge in [0.25, 0.3) is 0 Å². The molecule has 1 fully saturated rings. The van der Waals surface area contributed by atoms with Crippen molar-refractivity contribution in [3.63, 3.8) is 0 Å². The Labute approximate surface area is 161 Å². The zero-order chi connectivity index (χ0) is 19.8. The number of pyridine rings is 1. The highest BCUT2D eigenvalue weighted by Crippen LogP contribution is 2.30. The van der Waals surface area contributed by atoms with E-state index in [0.29, 0.717) is 13.1 Å². The fraction of sp³-hybridized carbons (Fsp3) is 0.600. The molecule has 0 radical (unpaired) electrons. The molecule has 0 bridgehead atoms. The van der Waals surface area contributed by atoms with Crippen molar-refractivity contribution in [3.05, 3.63) is 24.0 Å². The maximum Gasteiger partial charge on any atom is 0.410 e. The minimum Gasteiger partial charge on any atom is -0.444 e. The predicted octanol–water partition coefficient (Wildman–Crippen LogP) is 3.04. The van der Waals surface area contributed by atoms with Crippen molar-refractivity contribution in [3.8, 4) is 0 Å². The third-order valence-electron chi connectivity index (χ3n) is 4.94. The summed E-state index contributed by atoms with van der Waals surface area (Å²) in [5.74, 6) is 0. The topological polar surface area (TPSA) is 76.6 Å². The first-order valence-corrected chi connectivity index (χ1v) is 9.64. The Balaban J connectivity index is 1.81. The smallest absolute Gasteiger partial charge is 0.410 e. The largest absolute Gasteiger partial charge is 0.444 e. The Morgan fingerprint density at radius 1 is 1.30 bits per heavy atom. The number of rotatable bonds is 3. The van der Waals surface area contributed by atoms with Crippen LogP contribution in [-0.2, 0) is 11.8 Å². The number of carbonyl (C=O) groups excluding carboxylic acids is 1. The molecule has 1 atom stereocenters. The Bertz CT molecular complexity index is 816. The maximum absolute atomic E-state index is 12.3. The van der Waals surface area contributed by atoms with E-state index in [2.05, 4.69) is 22.5 Å². The molecule has 1 unspecified atom stereocenters. The van der Waals surface area contributed by atoms with Gasteiger partial charge in [-0.2, -0.15) is 0 Å². The number of carbonyl (C=O) groups is 1. The normalized spacial score (nSPS) is 16.7. The van der Waals surface area contributed by atoms with Crippen molar-refractivity contribution < 1.29 is 9.53 Å². The monoisotopic (exact) mass is 373 g/mol. The van der Waals surface area contributed by atoms with Gasteiger partial charge in [0, 0.05) is 45.5 Å². The molecule has 1 amide bonds. The van der Waals surface area contributed by atoms with Crippen molar-refractivity contribution >= 4 is 22.8 Å². The van der Waals surface area contributed by atoms with E-state index in [1.54, 1.807) is 4.90 Å². The molecule has 2 N–H and O–H groups in total. The van der Waals surface area contributed by atoms with E-state index in [-0.39, 0.29) is 12.1 Å². The SMILES string of the molecule is CCC(N)c1nc2ccn(C)c2cc1N1CCN(C(=O)OC(C)(C)C)CC1. The third-order valence-corrected chi connectivity index (χ3v) is 4.94. The fourth-order valence-corrected chi connectivity index (χ4v) is 3.37. The number of aryl methyl sites for hydroxylation is 1. The second-order valence-corrected chi connectivity index (χ2v) is 8.19. The molecule has 3 heterocycles. The van der Waals surface area contributed by atoms with Crippen LogP contribution in [0.3, 0.4) is 0 Å². The Morgan fingerprint density at radius 2 is 1.96 bits per heavy atom. The van der Waals surface area contributed by atoms with Gasteiger partial charge in [0.2, 0.25) is 0 Å². The van der Waals surface area contributed by atoms with Crippen LogP contribution in [-0.4, -0.2) is 52.3 Å². The summed E-state index contributed by atoms with van der Waals surface area (Å²) in [7, 11) is 2.02. The number of amides is 1. The van der Waals surface area contributed by atoms with Gasteiger partial charge in [-0.15, -0.1) is 0 Å². The van der Waals surface area contributed by atoms with Gasteiger partial charge in [-0.25, -0.2) is 9.78 Å². The summed E-state index contributed by atoms with van der Waals surface area (Å²) in [5.41, 5.74) is 9.95. The third kappa shape index (κ3) is 4.18. The molecule has 0 saturated carbocycles. The van der Waals surface area contributed by atoms with Gasteiger partial charge < -0.3 is 24.8 Å². The molecule has 0 spiro atoms. The number of aromatic nitrogens is 2. The Kier molecular flexibility index (Phi) is 5.33. The number of fused-ring (bicyclic) bond motifs is 1. The van der Waals surface area contributed by atoms with Crippen molar-refractivity contribution in [1.29, 1.82) is 0 Å². The quantitative estimate of drug-likeness (QED) is 0.895. The number of hydrogen-bond acceptors (Lipinski definition) is 5. The summed E-state index contributed by atoms with van der Waals surface area (Å²) in [6.45, 7) is 10.5. The second-order valence-electron chi connectivity index (χ2n) is 8.19. The van der Waals surface area contributed by atoms with E-state index < -0.39 is 5.60 Å². The van der Waals surface area contributed by atoms with E-state index in [0.717, 1.165) is 41.9 Å². The van der Waals surface area contributed by atoms with Crippen molar-refractivity contribution in [2.24, 2.45) is 12.8 Å². The molecule has 2 aromatic heterocycles. The number of nitrogens with two attached hydrogens (primary N) is 1. The van der Waals surface area contributed by atoms with Gasteiger partial charge in [0.15, 0.2) is 0 Å². The molecule has 1 aliphatic heterocycles. The average Bonchev–Trinajstić information content (AvgIpc) is 2.99. The molecule has 2 aromatic rings. The zero-order valence-electron chi connectivity index (χ0n) is 17.0. The van der Waals surface area contributed by atoms with E-state index in [1.807, 2.05) is 40.1 Å². The fourth-order valence-electron chi connectivity index (χ4n) is 3.37. The summed E-state index contributed by atoms with van der Waals surface area (Å²) in [6, 6.07) is 4.09. The molecule has 0 aromatic carbocycles. The molecular weight excluding hydrogens is 342 g/mol. The van der Waals surface area contributed by atoms with E-state index >= 15 is 0 Å². The van der Waals surface area contributed by atoms with Gasteiger partial charge in [-0.3, -0.25) is 0 Å². The summed E-state index contributed by atoms with van der Waals surface area (Å²) in [5, 5.41) is 0. The summed E-state index contributed by atoms with van der Waals surface area (Å²) in [4.78, 5) is 21.2.